The van der Waals surface area contributed by atoms with Crippen LogP contribution in [0.15, 0.2) is 17.2 Å². The molecule has 0 saturated heterocycles. The van der Waals surface area contributed by atoms with E-state index in [1.807, 2.05) is 0 Å². The number of hydrogen-bond acceptors (Lipinski definition) is 4. The van der Waals surface area contributed by atoms with E-state index in [1.165, 1.54) is 19.0 Å². The number of nitrogens with two attached hydrogens (primary N) is 1. The van der Waals surface area contributed by atoms with Crippen LogP contribution in [0, 0.1) is 0 Å². The van der Waals surface area contributed by atoms with E-state index >= 15 is 0 Å². The molecule has 1 aromatic heterocycles. The van der Waals surface area contributed by atoms with Gasteiger partial charge in [-0.3, -0.25) is 0 Å². The van der Waals surface area contributed by atoms with Gasteiger partial charge in [-0.25, -0.2) is 13.1 Å². The van der Waals surface area contributed by atoms with E-state index < -0.39 is 10.0 Å². The van der Waals surface area contributed by atoms with Crippen LogP contribution in [-0.4, -0.2) is 30.9 Å². The lowest BCUT2D eigenvalue weighted by Crippen LogP contribution is -2.38. The van der Waals surface area contributed by atoms with Crippen LogP contribution in [0.25, 0.3) is 0 Å². The number of aromatic nitrogens is 1. The fourth-order valence-corrected chi connectivity index (χ4v) is 4.62. The molecule has 0 unspecified atom stereocenters. The Bertz CT molecular complexity index is 519. The van der Waals surface area contributed by atoms with Gasteiger partial charge in [0, 0.05) is 29.7 Å². The van der Waals surface area contributed by atoms with Crippen molar-refractivity contribution in [2.75, 3.05) is 12.8 Å². The van der Waals surface area contributed by atoms with Crippen molar-refractivity contribution in [2.45, 2.75) is 41.9 Å². The highest BCUT2D eigenvalue weighted by atomic mass is 32.2. The normalized spacial score (nSPS) is 18.8. The standard InChI is InChI=1S/C12H21N3O2S2/c1-18-12(4-2-3-5-12)9-15-19(16,17)11-6-10(7-13)14-8-11/h6,8,14-15H,2-5,7,9,13H2,1H3. The Morgan fingerprint density at radius 3 is 2.68 bits per heavy atom. The summed E-state index contributed by atoms with van der Waals surface area (Å²) in [5, 5.41) is 0. The molecule has 1 aromatic rings. The van der Waals surface area contributed by atoms with Crippen LogP contribution in [0.2, 0.25) is 0 Å². The maximum absolute atomic E-state index is 12.2. The van der Waals surface area contributed by atoms with Crippen LogP contribution in [0.4, 0.5) is 0 Å². The summed E-state index contributed by atoms with van der Waals surface area (Å²) in [6.07, 6.45) is 8.08. The van der Waals surface area contributed by atoms with Crippen molar-refractivity contribution < 1.29 is 8.42 Å². The lowest BCUT2D eigenvalue weighted by atomic mass is 10.1. The maximum Gasteiger partial charge on any atom is 0.242 e. The fraction of sp³-hybridized carbons (Fsp3) is 0.667. The number of rotatable bonds is 6. The molecule has 4 N–H and O–H groups in total. The first-order valence-electron chi connectivity index (χ1n) is 6.43. The van der Waals surface area contributed by atoms with Crippen LogP contribution in [0.5, 0.6) is 0 Å². The van der Waals surface area contributed by atoms with Crippen molar-refractivity contribution in [3.8, 4) is 0 Å². The fourth-order valence-electron chi connectivity index (χ4n) is 2.47. The van der Waals surface area contributed by atoms with Gasteiger partial charge in [-0.2, -0.15) is 11.8 Å². The van der Waals surface area contributed by atoms with Gasteiger partial charge in [0.2, 0.25) is 10.0 Å². The number of thioether (sulfide) groups is 1. The van der Waals surface area contributed by atoms with Crippen molar-refractivity contribution in [2.24, 2.45) is 5.73 Å². The van der Waals surface area contributed by atoms with E-state index in [0.29, 0.717) is 13.1 Å². The SMILES string of the molecule is CSC1(CNS(=O)(=O)c2c[nH]c(CN)c2)CCCC1. The zero-order valence-electron chi connectivity index (χ0n) is 11.1. The Hall–Kier alpha value is -0.500. The van der Waals surface area contributed by atoms with Gasteiger partial charge >= 0.3 is 0 Å². The predicted molar refractivity (Wildman–Crippen MR) is 78.6 cm³/mol. The second-order valence-electron chi connectivity index (χ2n) is 4.98. The van der Waals surface area contributed by atoms with Gasteiger partial charge in [0.25, 0.3) is 0 Å². The summed E-state index contributed by atoms with van der Waals surface area (Å²) in [5.41, 5.74) is 6.20. The van der Waals surface area contributed by atoms with Crippen molar-refractivity contribution in [1.82, 2.24) is 9.71 Å². The Kier molecular flexibility index (Phi) is 4.60. The minimum atomic E-state index is -3.44. The van der Waals surface area contributed by atoms with Crippen LogP contribution < -0.4 is 10.5 Å². The van der Waals surface area contributed by atoms with Gasteiger partial charge in [0.05, 0.1) is 4.90 Å². The molecule has 7 heteroatoms. The molecular formula is C12H21N3O2S2. The zero-order valence-corrected chi connectivity index (χ0v) is 12.7. The summed E-state index contributed by atoms with van der Waals surface area (Å²) < 4.78 is 27.2. The number of nitrogens with one attached hydrogen (secondary N) is 2. The first kappa shape index (κ1) is 14.9. The zero-order chi connectivity index (χ0) is 13.9. The molecule has 19 heavy (non-hydrogen) atoms. The summed E-state index contributed by atoms with van der Waals surface area (Å²) in [6.45, 7) is 0.809. The summed E-state index contributed by atoms with van der Waals surface area (Å²) in [4.78, 5) is 3.13. The average Bonchev–Trinajstić information content (AvgIpc) is 3.06. The molecule has 0 radical (unpaired) electrons. The monoisotopic (exact) mass is 303 g/mol. The van der Waals surface area contributed by atoms with E-state index in [9.17, 15) is 8.42 Å². The molecule has 1 aliphatic carbocycles. The highest BCUT2D eigenvalue weighted by Gasteiger charge is 2.34. The summed E-state index contributed by atoms with van der Waals surface area (Å²) in [6, 6.07) is 1.59. The van der Waals surface area contributed by atoms with Crippen LogP contribution >= 0.6 is 11.8 Å². The van der Waals surface area contributed by atoms with Gasteiger partial charge in [-0.05, 0) is 25.2 Å². The topological polar surface area (TPSA) is 88.0 Å². The van der Waals surface area contributed by atoms with Gasteiger partial charge in [0.15, 0.2) is 0 Å². The summed E-state index contributed by atoms with van der Waals surface area (Å²) >= 11 is 1.77. The minimum Gasteiger partial charge on any atom is -0.363 e. The molecular weight excluding hydrogens is 282 g/mol. The number of sulfonamides is 1. The first-order chi connectivity index (χ1) is 9.01. The second-order valence-corrected chi connectivity index (χ2v) is 8.02. The number of hydrogen-bond donors (Lipinski definition) is 3. The van der Waals surface area contributed by atoms with E-state index in [0.717, 1.165) is 18.5 Å². The molecule has 0 amide bonds. The quantitative estimate of drug-likeness (QED) is 0.742. The molecule has 0 atom stereocenters. The Morgan fingerprint density at radius 1 is 1.47 bits per heavy atom. The van der Waals surface area contributed by atoms with Crippen molar-refractivity contribution in [3.05, 3.63) is 18.0 Å². The molecule has 0 bridgehead atoms. The Morgan fingerprint density at radius 2 is 2.16 bits per heavy atom. The maximum atomic E-state index is 12.2. The Balaban J connectivity index is 2.05. The van der Waals surface area contributed by atoms with Gasteiger partial charge in [-0.1, -0.05) is 12.8 Å². The minimum absolute atomic E-state index is 0.0695. The van der Waals surface area contributed by atoms with E-state index in [4.69, 9.17) is 5.73 Å². The third-order valence-corrected chi connectivity index (χ3v) is 6.58. The smallest absolute Gasteiger partial charge is 0.242 e. The van der Waals surface area contributed by atoms with Crippen LogP contribution in [0.3, 0.4) is 0 Å². The largest absolute Gasteiger partial charge is 0.363 e. The van der Waals surface area contributed by atoms with Gasteiger partial charge in [-0.15, -0.1) is 0 Å². The van der Waals surface area contributed by atoms with Gasteiger partial charge in [0.1, 0.15) is 0 Å². The van der Waals surface area contributed by atoms with Crippen LogP contribution in [-0.2, 0) is 16.6 Å². The number of H-pyrrole nitrogens is 1. The molecule has 1 heterocycles. The van der Waals surface area contributed by atoms with Gasteiger partial charge < -0.3 is 10.7 Å². The third-order valence-electron chi connectivity index (χ3n) is 3.78. The molecule has 0 aliphatic heterocycles. The van der Waals surface area contributed by atoms with E-state index in [1.54, 1.807) is 17.8 Å². The van der Waals surface area contributed by atoms with Crippen molar-refractivity contribution >= 4 is 21.8 Å². The molecule has 1 aliphatic rings. The molecule has 0 spiro atoms. The van der Waals surface area contributed by atoms with Crippen molar-refractivity contribution in [3.63, 3.8) is 0 Å². The number of aromatic amines is 1. The molecule has 1 fully saturated rings. The second kappa shape index (κ2) is 5.87. The van der Waals surface area contributed by atoms with E-state index in [-0.39, 0.29) is 9.64 Å². The summed E-state index contributed by atoms with van der Waals surface area (Å²) in [7, 11) is -3.44. The third kappa shape index (κ3) is 3.34. The highest BCUT2D eigenvalue weighted by Crippen LogP contribution is 2.39. The lowest BCUT2D eigenvalue weighted by Gasteiger charge is -2.26. The predicted octanol–water partition coefficient (Wildman–Crippen LogP) is 1.43. The molecule has 0 aromatic carbocycles. The summed E-state index contributed by atoms with van der Waals surface area (Å²) in [5.74, 6) is 0. The van der Waals surface area contributed by atoms with Crippen LogP contribution in [0.1, 0.15) is 31.4 Å². The molecule has 2 rings (SSSR count). The van der Waals surface area contributed by atoms with E-state index in [2.05, 4.69) is 16.0 Å². The van der Waals surface area contributed by atoms with Crippen molar-refractivity contribution in [1.29, 1.82) is 0 Å². The Labute approximate surface area is 118 Å². The molecule has 1 saturated carbocycles. The highest BCUT2D eigenvalue weighted by molar-refractivity contribution is 8.00. The average molecular weight is 303 g/mol. The lowest BCUT2D eigenvalue weighted by molar-refractivity contribution is 0.551. The molecule has 5 nitrogen and oxygen atoms in total. The first-order valence-corrected chi connectivity index (χ1v) is 9.14. The molecule has 108 valence electrons.